The molecule has 0 unspecified atom stereocenters. The Morgan fingerprint density at radius 2 is 2.00 bits per heavy atom. The number of amides is 1. The quantitative estimate of drug-likeness (QED) is 0.872. The first-order chi connectivity index (χ1) is 9.03. The molecule has 0 aliphatic carbocycles. The van der Waals surface area contributed by atoms with Crippen molar-refractivity contribution in [3.63, 3.8) is 0 Å². The van der Waals surface area contributed by atoms with Crippen LogP contribution in [0.4, 0.5) is 5.69 Å². The van der Waals surface area contributed by atoms with Crippen LogP contribution in [0.1, 0.15) is 18.9 Å². The van der Waals surface area contributed by atoms with Crippen LogP contribution in [0.5, 0.6) is 0 Å². The average Bonchev–Trinajstić information content (AvgIpc) is 2.41. The smallest absolute Gasteiger partial charge is 0.227 e. The number of para-hydroxylation sites is 1. The summed E-state index contributed by atoms with van der Waals surface area (Å²) in [6.45, 7) is 2.20. The average molecular weight is 282 g/mol. The van der Waals surface area contributed by atoms with Crippen LogP contribution in [0.25, 0.3) is 0 Å². The maximum absolute atomic E-state index is 11.9. The van der Waals surface area contributed by atoms with Gasteiger partial charge in [0, 0.05) is 25.2 Å². The van der Waals surface area contributed by atoms with E-state index in [0.717, 1.165) is 17.7 Å². The molecular formula is C13H18N2O3S. The zero-order valence-electron chi connectivity index (χ0n) is 10.9. The summed E-state index contributed by atoms with van der Waals surface area (Å²) in [6.07, 6.45) is 1.24. The fourth-order valence-electron chi connectivity index (χ4n) is 2.16. The van der Waals surface area contributed by atoms with E-state index in [0.29, 0.717) is 13.0 Å². The molecule has 0 saturated heterocycles. The molecular weight excluding hydrogens is 264 g/mol. The summed E-state index contributed by atoms with van der Waals surface area (Å²) < 4.78 is 25.2. The molecule has 5 nitrogen and oxygen atoms in total. The van der Waals surface area contributed by atoms with Crippen molar-refractivity contribution in [2.45, 2.75) is 19.8 Å². The zero-order valence-corrected chi connectivity index (χ0v) is 11.7. The van der Waals surface area contributed by atoms with Crippen molar-refractivity contribution in [3.8, 4) is 0 Å². The van der Waals surface area contributed by atoms with Crippen LogP contribution in [0, 0.1) is 0 Å². The number of rotatable bonds is 5. The Morgan fingerprint density at radius 3 is 2.74 bits per heavy atom. The number of carbonyl (C=O) groups excluding carboxylic acids is 1. The highest BCUT2D eigenvalue weighted by molar-refractivity contribution is 7.89. The molecule has 1 aromatic carbocycles. The molecule has 1 aliphatic rings. The summed E-state index contributed by atoms with van der Waals surface area (Å²) in [7, 11) is -3.20. The lowest BCUT2D eigenvalue weighted by Gasteiger charge is -2.29. The first kappa shape index (κ1) is 14.0. The number of benzene rings is 1. The molecule has 1 aliphatic heterocycles. The van der Waals surface area contributed by atoms with Gasteiger partial charge in [0.1, 0.15) is 0 Å². The van der Waals surface area contributed by atoms with Crippen LogP contribution >= 0.6 is 0 Å². The van der Waals surface area contributed by atoms with Gasteiger partial charge in [0.15, 0.2) is 0 Å². The van der Waals surface area contributed by atoms with Gasteiger partial charge >= 0.3 is 0 Å². The van der Waals surface area contributed by atoms with E-state index in [4.69, 9.17) is 0 Å². The van der Waals surface area contributed by atoms with Gasteiger partial charge in [-0.1, -0.05) is 18.2 Å². The number of aryl methyl sites for hydroxylation is 1. The van der Waals surface area contributed by atoms with Crippen LogP contribution in [0.2, 0.25) is 0 Å². The minimum absolute atomic E-state index is 0.0504. The molecule has 104 valence electrons. The maximum Gasteiger partial charge on any atom is 0.227 e. The molecule has 19 heavy (non-hydrogen) atoms. The van der Waals surface area contributed by atoms with E-state index in [1.54, 1.807) is 11.8 Å². The highest BCUT2D eigenvalue weighted by Gasteiger charge is 2.23. The van der Waals surface area contributed by atoms with Crippen LogP contribution in [-0.4, -0.2) is 33.2 Å². The largest absolute Gasteiger partial charge is 0.311 e. The summed E-state index contributed by atoms with van der Waals surface area (Å²) in [6, 6.07) is 7.75. The van der Waals surface area contributed by atoms with Gasteiger partial charge in [0.25, 0.3) is 0 Å². The Bertz CT molecular complexity index is 569. The Hall–Kier alpha value is -1.40. The number of sulfonamides is 1. The van der Waals surface area contributed by atoms with E-state index in [-0.39, 0.29) is 18.2 Å². The lowest BCUT2D eigenvalue weighted by atomic mass is 10.0. The van der Waals surface area contributed by atoms with Crippen LogP contribution in [-0.2, 0) is 21.2 Å². The van der Waals surface area contributed by atoms with E-state index in [1.165, 1.54) is 0 Å². The van der Waals surface area contributed by atoms with Crippen molar-refractivity contribution in [3.05, 3.63) is 29.8 Å². The minimum atomic E-state index is -3.20. The third-order valence-electron chi connectivity index (χ3n) is 3.23. The van der Waals surface area contributed by atoms with E-state index in [2.05, 4.69) is 4.72 Å². The Labute approximate surface area is 113 Å². The van der Waals surface area contributed by atoms with Gasteiger partial charge in [-0.2, -0.15) is 0 Å². The Morgan fingerprint density at radius 1 is 1.26 bits per heavy atom. The first-order valence-electron chi connectivity index (χ1n) is 6.39. The van der Waals surface area contributed by atoms with E-state index >= 15 is 0 Å². The topological polar surface area (TPSA) is 66.5 Å². The first-order valence-corrected chi connectivity index (χ1v) is 8.04. The summed E-state index contributed by atoms with van der Waals surface area (Å²) >= 11 is 0. The van der Waals surface area contributed by atoms with Gasteiger partial charge in [0.2, 0.25) is 15.9 Å². The SMILES string of the molecule is CCS(=O)(=O)NCCN1C(=O)CCc2ccccc21. The van der Waals surface area contributed by atoms with Crippen molar-refractivity contribution in [2.75, 3.05) is 23.7 Å². The number of hydrogen-bond donors (Lipinski definition) is 1. The van der Waals surface area contributed by atoms with Crippen molar-refractivity contribution in [1.29, 1.82) is 0 Å². The third kappa shape index (κ3) is 3.33. The highest BCUT2D eigenvalue weighted by atomic mass is 32.2. The number of fused-ring (bicyclic) bond motifs is 1. The van der Waals surface area contributed by atoms with E-state index in [9.17, 15) is 13.2 Å². The molecule has 0 spiro atoms. The van der Waals surface area contributed by atoms with Gasteiger partial charge in [-0.05, 0) is 25.0 Å². The Kier molecular flexibility index (Phi) is 4.21. The van der Waals surface area contributed by atoms with Crippen molar-refractivity contribution in [1.82, 2.24) is 4.72 Å². The maximum atomic E-state index is 11.9. The minimum Gasteiger partial charge on any atom is -0.311 e. The molecule has 0 radical (unpaired) electrons. The van der Waals surface area contributed by atoms with E-state index < -0.39 is 10.0 Å². The lowest BCUT2D eigenvalue weighted by Crippen LogP contribution is -2.41. The molecule has 1 N–H and O–H groups in total. The van der Waals surface area contributed by atoms with E-state index in [1.807, 2.05) is 24.3 Å². The molecule has 2 rings (SSSR count). The van der Waals surface area contributed by atoms with Crippen molar-refractivity contribution >= 4 is 21.6 Å². The number of nitrogens with zero attached hydrogens (tertiary/aromatic N) is 1. The summed E-state index contributed by atoms with van der Waals surface area (Å²) in [5.41, 5.74) is 2.04. The number of anilines is 1. The van der Waals surface area contributed by atoms with Crippen molar-refractivity contribution < 1.29 is 13.2 Å². The third-order valence-corrected chi connectivity index (χ3v) is 4.63. The molecule has 1 amide bonds. The van der Waals surface area contributed by atoms with Crippen LogP contribution < -0.4 is 9.62 Å². The number of nitrogens with one attached hydrogen (secondary N) is 1. The van der Waals surface area contributed by atoms with Crippen LogP contribution in [0.3, 0.4) is 0 Å². The van der Waals surface area contributed by atoms with Crippen molar-refractivity contribution in [2.24, 2.45) is 0 Å². The van der Waals surface area contributed by atoms with Gasteiger partial charge in [-0.15, -0.1) is 0 Å². The summed E-state index contributed by atoms with van der Waals surface area (Å²) in [5, 5.41) is 0. The van der Waals surface area contributed by atoms with Gasteiger partial charge in [0.05, 0.1) is 5.75 Å². The standard InChI is InChI=1S/C13H18N2O3S/c1-2-19(17,18)14-9-10-15-12-6-4-3-5-11(12)7-8-13(15)16/h3-6,14H,2,7-10H2,1H3. The number of hydrogen-bond acceptors (Lipinski definition) is 3. The van der Waals surface area contributed by atoms with Gasteiger partial charge in [-0.3, -0.25) is 4.79 Å². The Balaban J connectivity index is 2.06. The fourth-order valence-corrected chi connectivity index (χ4v) is 2.76. The predicted molar refractivity (Wildman–Crippen MR) is 74.6 cm³/mol. The predicted octanol–water partition coefficient (Wildman–Crippen LogP) is 0.905. The molecule has 0 saturated carbocycles. The fraction of sp³-hybridized carbons (Fsp3) is 0.462. The summed E-state index contributed by atoms with van der Waals surface area (Å²) in [5.74, 6) is 0.103. The monoisotopic (exact) mass is 282 g/mol. The molecule has 0 aromatic heterocycles. The molecule has 1 heterocycles. The highest BCUT2D eigenvalue weighted by Crippen LogP contribution is 2.26. The molecule has 6 heteroatoms. The van der Waals surface area contributed by atoms with Gasteiger partial charge in [-0.25, -0.2) is 13.1 Å². The second kappa shape index (κ2) is 5.71. The second-order valence-corrected chi connectivity index (χ2v) is 6.57. The normalized spacial score (nSPS) is 15.4. The summed E-state index contributed by atoms with van der Waals surface area (Å²) in [4.78, 5) is 13.6. The zero-order chi connectivity index (χ0) is 13.9. The molecule has 0 fully saturated rings. The van der Waals surface area contributed by atoms with Gasteiger partial charge < -0.3 is 4.90 Å². The second-order valence-electron chi connectivity index (χ2n) is 4.47. The lowest BCUT2D eigenvalue weighted by molar-refractivity contribution is -0.118. The molecule has 1 aromatic rings. The molecule has 0 bridgehead atoms. The molecule has 0 atom stereocenters. The van der Waals surface area contributed by atoms with Crippen LogP contribution in [0.15, 0.2) is 24.3 Å². The number of carbonyl (C=O) groups is 1.